The van der Waals surface area contributed by atoms with E-state index in [2.05, 4.69) is 0 Å². The molecule has 0 saturated heterocycles. The van der Waals surface area contributed by atoms with Gasteiger partial charge in [-0.1, -0.05) is 31.4 Å². The molecule has 0 bridgehead atoms. The molecule has 2 atom stereocenters. The maximum atomic E-state index is 13.3. The number of hydrogen-bond donors (Lipinski definition) is 1. The van der Waals surface area contributed by atoms with Crippen LogP contribution in [0.5, 0.6) is 0 Å². The van der Waals surface area contributed by atoms with Crippen LogP contribution in [0.1, 0.15) is 49.1 Å². The van der Waals surface area contributed by atoms with Crippen LogP contribution in [0.15, 0.2) is 18.2 Å². The van der Waals surface area contributed by atoms with Crippen molar-refractivity contribution in [2.24, 2.45) is 11.7 Å². The van der Waals surface area contributed by atoms with Crippen LogP contribution in [0, 0.1) is 18.7 Å². The van der Waals surface area contributed by atoms with Crippen molar-refractivity contribution < 1.29 is 4.39 Å². The van der Waals surface area contributed by atoms with E-state index in [1.54, 1.807) is 6.07 Å². The molecule has 1 fully saturated rings. The Balaban J connectivity index is 2.25. The summed E-state index contributed by atoms with van der Waals surface area (Å²) in [6.45, 7) is 2.59. The van der Waals surface area contributed by atoms with Crippen LogP contribution in [0.25, 0.3) is 0 Å². The highest BCUT2D eigenvalue weighted by Gasteiger charge is 2.24. The zero-order valence-corrected chi connectivity index (χ0v) is 10.6. The number of rotatable bonds is 2. The van der Waals surface area contributed by atoms with Gasteiger partial charge in [-0.05, 0) is 55.3 Å². The molecule has 2 N–H and O–H groups in total. The zero-order chi connectivity index (χ0) is 12.3. The standard InChI is InChI=1S/C15H22FN/c1-11-9-12(7-8-15(11)16)14-6-4-2-3-5-13(14)10-17/h7-9,13-14H,2-6,10,17H2,1H3. The van der Waals surface area contributed by atoms with Gasteiger partial charge < -0.3 is 5.73 Å². The van der Waals surface area contributed by atoms with E-state index < -0.39 is 0 Å². The highest BCUT2D eigenvalue weighted by molar-refractivity contribution is 5.27. The minimum Gasteiger partial charge on any atom is -0.330 e. The number of benzene rings is 1. The summed E-state index contributed by atoms with van der Waals surface area (Å²) in [7, 11) is 0. The molecule has 17 heavy (non-hydrogen) atoms. The van der Waals surface area contributed by atoms with Crippen molar-refractivity contribution >= 4 is 0 Å². The first kappa shape index (κ1) is 12.6. The van der Waals surface area contributed by atoms with Crippen LogP contribution < -0.4 is 5.73 Å². The van der Waals surface area contributed by atoms with Crippen LogP contribution >= 0.6 is 0 Å². The lowest BCUT2D eigenvalue weighted by atomic mass is 9.82. The molecular weight excluding hydrogens is 213 g/mol. The molecule has 1 aromatic rings. The fourth-order valence-electron chi connectivity index (χ4n) is 3.00. The van der Waals surface area contributed by atoms with Crippen molar-refractivity contribution in [2.75, 3.05) is 6.54 Å². The quantitative estimate of drug-likeness (QED) is 0.776. The summed E-state index contributed by atoms with van der Waals surface area (Å²) in [5.74, 6) is 0.996. The van der Waals surface area contributed by atoms with Gasteiger partial charge in [-0.25, -0.2) is 4.39 Å². The monoisotopic (exact) mass is 235 g/mol. The Morgan fingerprint density at radius 1 is 1.24 bits per heavy atom. The fraction of sp³-hybridized carbons (Fsp3) is 0.600. The molecule has 1 nitrogen and oxygen atoms in total. The number of aryl methyl sites for hydroxylation is 1. The molecule has 0 heterocycles. The topological polar surface area (TPSA) is 26.0 Å². The summed E-state index contributed by atoms with van der Waals surface area (Å²) >= 11 is 0. The lowest BCUT2D eigenvalue weighted by Crippen LogP contribution is -2.21. The van der Waals surface area contributed by atoms with E-state index in [-0.39, 0.29) is 5.82 Å². The first-order valence-electron chi connectivity index (χ1n) is 6.68. The first-order chi connectivity index (χ1) is 8.22. The molecule has 0 radical (unpaired) electrons. The van der Waals surface area contributed by atoms with Crippen molar-refractivity contribution in [2.45, 2.75) is 44.9 Å². The number of nitrogens with two attached hydrogens (primary N) is 1. The molecule has 2 unspecified atom stereocenters. The van der Waals surface area contributed by atoms with Crippen LogP contribution in [0.4, 0.5) is 4.39 Å². The summed E-state index contributed by atoms with van der Waals surface area (Å²) < 4.78 is 13.3. The molecule has 1 saturated carbocycles. The average molecular weight is 235 g/mol. The summed E-state index contributed by atoms with van der Waals surface area (Å²) in [5.41, 5.74) is 7.93. The van der Waals surface area contributed by atoms with Gasteiger partial charge in [-0.3, -0.25) is 0 Å². The molecule has 2 heteroatoms. The van der Waals surface area contributed by atoms with Gasteiger partial charge in [0.25, 0.3) is 0 Å². The van der Waals surface area contributed by atoms with Crippen molar-refractivity contribution in [3.05, 3.63) is 35.1 Å². The molecule has 2 rings (SSSR count). The van der Waals surface area contributed by atoms with Gasteiger partial charge in [-0.2, -0.15) is 0 Å². The number of halogens is 1. The van der Waals surface area contributed by atoms with E-state index in [1.165, 1.54) is 37.7 Å². The minimum absolute atomic E-state index is 0.105. The molecular formula is C15H22FN. The Bertz CT molecular complexity index is 375. The maximum Gasteiger partial charge on any atom is 0.126 e. The van der Waals surface area contributed by atoms with Gasteiger partial charge in [0.15, 0.2) is 0 Å². The Kier molecular flexibility index (Phi) is 4.16. The molecule has 94 valence electrons. The van der Waals surface area contributed by atoms with Crippen LogP contribution in [0.3, 0.4) is 0 Å². The largest absolute Gasteiger partial charge is 0.330 e. The second kappa shape index (κ2) is 5.63. The van der Waals surface area contributed by atoms with Gasteiger partial charge in [0, 0.05) is 0 Å². The average Bonchev–Trinajstić information content (AvgIpc) is 2.57. The third-order valence-corrected chi connectivity index (χ3v) is 4.07. The fourth-order valence-corrected chi connectivity index (χ4v) is 3.00. The summed E-state index contributed by atoms with van der Waals surface area (Å²) in [5, 5.41) is 0. The van der Waals surface area contributed by atoms with Gasteiger partial charge in [0.05, 0.1) is 0 Å². The third kappa shape index (κ3) is 2.86. The smallest absolute Gasteiger partial charge is 0.126 e. The lowest BCUT2D eigenvalue weighted by Gasteiger charge is -2.24. The molecule has 1 aromatic carbocycles. The first-order valence-corrected chi connectivity index (χ1v) is 6.68. The highest BCUT2D eigenvalue weighted by atomic mass is 19.1. The molecule has 1 aliphatic carbocycles. The predicted molar refractivity (Wildman–Crippen MR) is 69.5 cm³/mol. The normalized spacial score (nSPS) is 25.6. The second-order valence-corrected chi connectivity index (χ2v) is 5.25. The van der Waals surface area contributed by atoms with E-state index >= 15 is 0 Å². The van der Waals surface area contributed by atoms with Crippen LogP contribution in [-0.4, -0.2) is 6.54 Å². The van der Waals surface area contributed by atoms with Crippen LogP contribution in [0.2, 0.25) is 0 Å². The lowest BCUT2D eigenvalue weighted by molar-refractivity contribution is 0.408. The van der Waals surface area contributed by atoms with Crippen molar-refractivity contribution in [1.82, 2.24) is 0 Å². The Morgan fingerprint density at radius 3 is 2.71 bits per heavy atom. The zero-order valence-electron chi connectivity index (χ0n) is 10.6. The number of hydrogen-bond acceptors (Lipinski definition) is 1. The van der Waals surface area contributed by atoms with Crippen molar-refractivity contribution in [1.29, 1.82) is 0 Å². The van der Waals surface area contributed by atoms with Crippen molar-refractivity contribution in [3.63, 3.8) is 0 Å². The highest BCUT2D eigenvalue weighted by Crippen LogP contribution is 2.36. The van der Waals surface area contributed by atoms with E-state index in [0.29, 0.717) is 11.8 Å². The second-order valence-electron chi connectivity index (χ2n) is 5.25. The predicted octanol–water partition coefficient (Wildman–Crippen LogP) is 3.76. The van der Waals surface area contributed by atoms with E-state index in [9.17, 15) is 4.39 Å². The summed E-state index contributed by atoms with van der Waals surface area (Å²) in [6.07, 6.45) is 6.30. The Hall–Kier alpha value is -0.890. The van der Waals surface area contributed by atoms with E-state index in [1.807, 2.05) is 19.1 Å². The van der Waals surface area contributed by atoms with E-state index in [4.69, 9.17) is 5.73 Å². The van der Waals surface area contributed by atoms with Gasteiger partial charge >= 0.3 is 0 Å². The van der Waals surface area contributed by atoms with Crippen molar-refractivity contribution in [3.8, 4) is 0 Å². The molecule has 0 amide bonds. The van der Waals surface area contributed by atoms with Gasteiger partial charge in [0.2, 0.25) is 0 Å². The molecule has 0 aromatic heterocycles. The third-order valence-electron chi connectivity index (χ3n) is 4.07. The Morgan fingerprint density at radius 2 is 2.00 bits per heavy atom. The maximum absolute atomic E-state index is 13.3. The van der Waals surface area contributed by atoms with Gasteiger partial charge in [0.1, 0.15) is 5.82 Å². The van der Waals surface area contributed by atoms with Gasteiger partial charge in [-0.15, -0.1) is 0 Å². The molecule has 0 spiro atoms. The molecule has 0 aliphatic heterocycles. The summed E-state index contributed by atoms with van der Waals surface area (Å²) in [4.78, 5) is 0. The Labute approximate surface area is 103 Å². The minimum atomic E-state index is -0.105. The SMILES string of the molecule is Cc1cc(C2CCCCCC2CN)ccc1F. The summed E-state index contributed by atoms with van der Waals surface area (Å²) in [6, 6.07) is 5.55. The molecule has 1 aliphatic rings. The van der Waals surface area contributed by atoms with Crippen LogP contribution in [-0.2, 0) is 0 Å². The van der Waals surface area contributed by atoms with E-state index in [0.717, 1.165) is 12.1 Å².